The van der Waals surface area contributed by atoms with Crippen molar-refractivity contribution in [1.29, 1.82) is 0 Å². The molecular formula is C12H22O4S2. The van der Waals surface area contributed by atoms with E-state index in [1.165, 1.54) is 6.26 Å². The highest BCUT2D eigenvalue weighted by Gasteiger charge is 2.36. The predicted molar refractivity (Wildman–Crippen MR) is 73.7 cm³/mol. The topological polar surface area (TPSA) is 63.6 Å². The Bertz CT molecular complexity index is 362. The molecule has 1 aliphatic carbocycles. The zero-order chi connectivity index (χ0) is 13.2. The highest BCUT2D eigenvalue weighted by atomic mass is 32.2. The molecule has 1 saturated carbocycles. The van der Waals surface area contributed by atoms with Crippen LogP contribution in [0.3, 0.4) is 0 Å². The quantitative estimate of drug-likeness (QED) is 0.844. The average molecular weight is 294 g/mol. The van der Waals surface area contributed by atoms with Gasteiger partial charge in [-0.15, -0.1) is 0 Å². The highest BCUT2D eigenvalue weighted by molar-refractivity contribution is 7.99. The molecule has 0 aromatic rings. The number of aliphatic hydroxyl groups is 1. The van der Waals surface area contributed by atoms with Crippen LogP contribution in [0.25, 0.3) is 0 Å². The minimum atomic E-state index is -2.98. The van der Waals surface area contributed by atoms with E-state index in [1.54, 1.807) is 11.8 Å². The van der Waals surface area contributed by atoms with Crippen molar-refractivity contribution in [3.05, 3.63) is 0 Å². The van der Waals surface area contributed by atoms with Crippen molar-refractivity contribution < 1.29 is 18.3 Å². The van der Waals surface area contributed by atoms with E-state index in [2.05, 4.69) is 0 Å². The third kappa shape index (κ3) is 3.62. The fourth-order valence-electron chi connectivity index (χ4n) is 2.89. The Morgan fingerprint density at radius 2 is 2.17 bits per heavy atom. The second-order valence-corrected chi connectivity index (χ2v) is 8.83. The lowest BCUT2D eigenvalue weighted by atomic mass is 9.83. The summed E-state index contributed by atoms with van der Waals surface area (Å²) in [6.45, 7) is 0.689. The van der Waals surface area contributed by atoms with Crippen LogP contribution in [0.5, 0.6) is 0 Å². The summed E-state index contributed by atoms with van der Waals surface area (Å²) in [7, 11) is -2.98. The van der Waals surface area contributed by atoms with Crippen molar-refractivity contribution in [3.8, 4) is 0 Å². The van der Waals surface area contributed by atoms with Gasteiger partial charge in [0.1, 0.15) is 9.84 Å². The largest absolute Gasteiger partial charge is 0.390 e. The molecular weight excluding hydrogens is 272 g/mol. The standard InChI is InChI=1S/C12H22O4S2/c1-18(14,15)10-4-2-3-9(7-10)12(13)11-8-17-6-5-16-11/h9-13H,2-8H2,1H3. The summed E-state index contributed by atoms with van der Waals surface area (Å²) in [5.74, 6) is 1.88. The first-order chi connectivity index (χ1) is 8.48. The summed E-state index contributed by atoms with van der Waals surface area (Å²) in [6.07, 6.45) is 3.80. The van der Waals surface area contributed by atoms with E-state index in [0.29, 0.717) is 13.0 Å². The van der Waals surface area contributed by atoms with Gasteiger partial charge in [-0.25, -0.2) is 8.42 Å². The van der Waals surface area contributed by atoms with Crippen molar-refractivity contribution in [3.63, 3.8) is 0 Å². The molecule has 0 radical (unpaired) electrons. The lowest BCUT2D eigenvalue weighted by molar-refractivity contribution is -0.0548. The normalized spacial score (nSPS) is 36.2. The third-order valence-electron chi connectivity index (χ3n) is 3.98. The van der Waals surface area contributed by atoms with Crippen LogP contribution in [0, 0.1) is 5.92 Å². The Morgan fingerprint density at radius 1 is 1.39 bits per heavy atom. The fourth-order valence-corrected chi connectivity index (χ4v) is 4.98. The maximum Gasteiger partial charge on any atom is 0.150 e. The Labute approximate surface area is 113 Å². The Kier molecular flexibility index (Phi) is 4.97. The number of sulfone groups is 1. The molecule has 4 atom stereocenters. The van der Waals surface area contributed by atoms with E-state index in [4.69, 9.17) is 4.74 Å². The number of aliphatic hydroxyl groups excluding tert-OH is 1. The molecule has 0 aromatic heterocycles. The average Bonchev–Trinajstić information content (AvgIpc) is 2.38. The van der Waals surface area contributed by atoms with Crippen molar-refractivity contribution in [1.82, 2.24) is 0 Å². The zero-order valence-electron chi connectivity index (χ0n) is 10.7. The van der Waals surface area contributed by atoms with Crippen LogP contribution in [0.4, 0.5) is 0 Å². The van der Waals surface area contributed by atoms with Crippen LogP contribution in [0.15, 0.2) is 0 Å². The number of rotatable bonds is 3. The summed E-state index contributed by atoms with van der Waals surface area (Å²) in [4.78, 5) is 0. The number of hydrogen-bond acceptors (Lipinski definition) is 5. The van der Waals surface area contributed by atoms with Crippen LogP contribution in [0.2, 0.25) is 0 Å². The maximum absolute atomic E-state index is 11.6. The van der Waals surface area contributed by atoms with Crippen LogP contribution >= 0.6 is 11.8 Å². The molecule has 1 aliphatic heterocycles. The van der Waals surface area contributed by atoms with E-state index < -0.39 is 15.9 Å². The predicted octanol–water partition coefficient (Wildman–Crippen LogP) is 1.08. The van der Waals surface area contributed by atoms with Gasteiger partial charge in [-0.05, 0) is 25.2 Å². The van der Waals surface area contributed by atoms with Crippen molar-refractivity contribution in [2.45, 2.75) is 43.1 Å². The van der Waals surface area contributed by atoms with Gasteiger partial charge in [-0.3, -0.25) is 0 Å². The first-order valence-electron chi connectivity index (χ1n) is 6.55. The third-order valence-corrected chi connectivity index (χ3v) is 6.64. The van der Waals surface area contributed by atoms with Gasteiger partial charge in [0, 0.05) is 17.8 Å². The molecule has 4 unspecified atom stereocenters. The van der Waals surface area contributed by atoms with Crippen LogP contribution in [-0.2, 0) is 14.6 Å². The lowest BCUT2D eigenvalue weighted by Crippen LogP contribution is -2.43. The molecule has 4 nitrogen and oxygen atoms in total. The molecule has 2 fully saturated rings. The van der Waals surface area contributed by atoms with E-state index in [-0.39, 0.29) is 17.3 Å². The van der Waals surface area contributed by atoms with Crippen molar-refractivity contribution in [2.75, 3.05) is 24.4 Å². The summed E-state index contributed by atoms with van der Waals surface area (Å²) in [5.41, 5.74) is 0. The zero-order valence-corrected chi connectivity index (χ0v) is 12.4. The molecule has 0 aromatic carbocycles. The molecule has 0 spiro atoms. The van der Waals surface area contributed by atoms with Gasteiger partial charge in [0.2, 0.25) is 0 Å². The lowest BCUT2D eigenvalue weighted by Gasteiger charge is -2.36. The summed E-state index contributed by atoms with van der Waals surface area (Å²) in [5, 5.41) is 10.1. The number of ether oxygens (including phenoxy) is 1. The van der Waals surface area contributed by atoms with Gasteiger partial charge >= 0.3 is 0 Å². The van der Waals surface area contributed by atoms with Gasteiger partial charge in [0.05, 0.1) is 24.1 Å². The monoisotopic (exact) mass is 294 g/mol. The van der Waals surface area contributed by atoms with Gasteiger partial charge in [-0.2, -0.15) is 11.8 Å². The Morgan fingerprint density at radius 3 is 2.78 bits per heavy atom. The van der Waals surface area contributed by atoms with Gasteiger partial charge in [0.15, 0.2) is 0 Å². The molecule has 0 bridgehead atoms. The van der Waals surface area contributed by atoms with E-state index >= 15 is 0 Å². The first-order valence-corrected chi connectivity index (χ1v) is 9.65. The number of thioether (sulfide) groups is 1. The molecule has 1 saturated heterocycles. The van der Waals surface area contributed by atoms with E-state index in [0.717, 1.165) is 30.8 Å². The minimum absolute atomic E-state index is 0.0715. The van der Waals surface area contributed by atoms with E-state index in [1.807, 2.05) is 0 Å². The SMILES string of the molecule is CS(=O)(=O)C1CCCC(C(O)C2CSCCO2)C1. The summed E-state index contributed by atoms with van der Waals surface area (Å²) in [6, 6.07) is 0. The van der Waals surface area contributed by atoms with Crippen LogP contribution in [0.1, 0.15) is 25.7 Å². The van der Waals surface area contributed by atoms with Gasteiger partial charge in [-0.1, -0.05) is 6.42 Å². The van der Waals surface area contributed by atoms with Crippen LogP contribution in [-0.4, -0.2) is 55.4 Å². The molecule has 6 heteroatoms. The Hall–Kier alpha value is 0.220. The fraction of sp³-hybridized carbons (Fsp3) is 1.00. The summed E-state index contributed by atoms with van der Waals surface area (Å²) < 4.78 is 28.8. The molecule has 0 amide bonds. The molecule has 2 rings (SSSR count). The van der Waals surface area contributed by atoms with Gasteiger partial charge in [0.25, 0.3) is 0 Å². The molecule has 1 N–H and O–H groups in total. The molecule has 18 heavy (non-hydrogen) atoms. The molecule has 2 aliphatic rings. The molecule has 1 heterocycles. The minimum Gasteiger partial charge on any atom is -0.390 e. The summed E-state index contributed by atoms with van der Waals surface area (Å²) >= 11 is 1.80. The highest BCUT2D eigenvalue weighted by Crippen LogP contribution is 2.33. The second kappa shape index (κ2) is 6.11. The first kappa shape index (κ1) is 14.6. The smallest absolute Gasteiger partial charge is 0.150 e. The Balaban J connectivity index is 1.95. The van der Waals surface area contributed by atoms with Crippen LogP contribution < -0.4 is 0 Å². The molecule has 106 valence electrons. The van der Waals surface area contributed by atoms with Gasteiger partial charge < -0.3 is 9.84 Å². The van der Waals surface area contributed by atoms with Crippen molar-refractivity contribution >= 4 is 21.6 Å². The van der Waals surface area contributed by atoms with Crippen molar-refractivity contribution in [2.24, 2.45) is 5.92 Å². The van der Waals surface area contributed by atoms with E-state index in [9.17, 15) is 13.5 Å². The maximum atomic E-state index is 11.6. The number of hydrogen-bond donors (Lipinski definition) is 1. The second-order valence-electron chi connectivity index (χ2n) is 5.35.